The first kappa shape index (κ1) is 17.3. The minimum absolute atomic E-state index is 0.234. The summed E-state index contributed by atoms with van der Waals surface area (Å²) >= 11 is 1.15. The maximum Gasteiger partial charge on any atom is 0.417 e. The molecule has 0 radical (unpaired) electrons. The molecule has 0 aliphatic carbocycles. The SMILES string of the molecule is O=C(Nc1nc(-c2c[nH]c3ccccc23)cs1)c1ccccc1C(F)(F)F. The number of halogens is 3. The first-order valence-electron chi connectivity index (χ1n) is 7.93. The number of carbonyl (C=O) groups is 1. The van der Waals surface area contributed by atoms with Crippen LogP contribution in [0.2, 0.25) is 0 Å². The second kappa shape index (κ2) is 6.55. The second-order valence-electron chi connectivity index (χ2n) is 5.78. The quantitative estimate of drug-likeness (QED) is 0.483. The third kappa shape index (κ3) is 3.31. The van der Waals surface area contributed by atoms with Gasteiger partial charge in [0.05, 0.1) is 16.8 Å². The highest BCUT2D eigenvalue weighted by atomic mass is 32.1. The molecule has 0 bridgehead atoms. The van der Waals surface area contributed by atoms with E-state index in [9.17, 15) is 18.0 Å². The van der Waals surface area contributed by atoms with E-state index in [1.54, 1.807) is 5.38 Å². The van der Waals surface area contributed by atoms with Crippen LogP contribution in [0.4, 0.5) is 18.3 Å². The van der Waals surface area contributed by atoms with Gasteiger partial charge in [0.2, 0.25) is 0 Å². The van der Waals surface area contributed by atoms with Gasteiger partial charge in [-0.2, -0.15) is 13.2 Å². The number of hydrogen-bond donors (Lipinski definition) is 2. The zero-order valence-electron chi connectivity index (χ0n) is 13.7. The standard InChI is InChI=1S/C19H12F3N3OS/c20-19(21,22)14-7-3-1-6-12(14)17(26)25-18-24-16(10-27-18)13-9-23-15-8-4-2-5-11(13)15/h1-10,23H,(H,24,25,26). The zero-order valence-corrected chi connectivity index (χ0v) is 14.5. The maximum atomic E-state index is 13.1. The third-order valence-corrected chi connectivity index (χ3v) is 4.82. The van der Waals surface area contributed by atoms with Crippen molar-refractivity contribution in [2.45, 2.75) is 6.18 Å². The Hall–Kier alpha value is -3.13. The molecule has 1 amide bonds. The number of aromatic amines is 1. The van der Waals surface area contributed by atoms with Gasteiger partial charge in [-0.3, -0.25) is 10.1 Å². The highest BCUT2D eigenvalue weighted by Crippen LogP contribution is 2.33. The van der Waals surface area contributed by atoms with Crippen LogP contribution in [-0.4, -0.2) is 15.9 Å². The summed E-state index contributed by atoms with van der Waals surface area (Å²) in [6, 6.07) is 12.4. The number of H-pyrrole nitrogens is 1. The van der Waals surface area contributed by atoms with Gasteiger partial charge in [0, 0.05) is 28.0 Å². The maximum absolute atomic E-state index is 13.1. The van der Waals surface area contributed by atoms with Crippen molar-refractivity contribution in [2.75, 3.05) is 5.32 Å². The van der Waals surface area contributed by atoms with Crippen LogP contribution in [0.5, 0.6) is 0 Å². The molecule has 0 fully saturated rings. The number of alkyl halides is 3. The van der Waals surface area contributed by atoms with E-state index in [0.29, 0.717) is 5.69 Å². The fourth-order valence-corrected chi connectivity index (χ4v) is 3.54. The lowest BCUT2D eigenvalue weighted by atomic mass is 10.1. The summed E-state index contributed by atoms with van der Waals surface area (Å²) in [5, 5.41) is 5.42. The van der Waals surface area contributed by atoms with Gasteiger partial charge in [-0.15, -0.1) is 11.3 Å². The predicted octanol–water partition coefficient (Wildman–Crippen LogP) is 5.56. The van der Waals surface area contributed by atoms with Gasteiger partial charge in [0.25, 0.3) is 5.91 Å². The molecule has 4 aromatic rings. The number of thiazole rings is 1. The molecule has 4 rings (SSSR count). The number of carbonyl (C=O) groups excluding carboxylic acids is 1. The lowest BCUT2D eigenvalue weighted by molar-refractivity contribution is -0.137. The van der Waals surface area contributed by atoms with Gasteiger partial charge >= 0.3 is 6.18 Å². The molecule has 2 aromatic heterocycles. The predicted molar refractivity (Wildman–Crippen MR) is 98.8 cm³/mol. The van der Waals surface area contributed by atoms with Gasteiger partial charge < -0.3 is 4.98 Å². The van der Waals surface area contributed by atoms with E-state index in [-0.39, 0.29) is 5.13 Å². The molecule has 0 aliphatic heterocycles. The van der Waals surface area contributed by atoms with Crippen molar-refractivity contribution < 1.29 is 18.0 Å². The van der Waals surface area contributed by atoms with Crippen LogP contribution in [0.25, 0.3) is 22.2 Å². The van der Waals surface area contributed by atoms with Gasteiger partial charge in [0.1, 0.15) is 0 Å². The van der Waals surface area contributed by atoms with E-state index >= 15 is 0 Å². The van der Waals surface area contributed by atoms with Crippen molar-refractivity contribution in [3.63, 3.8) is 0 Å². The van der Waals surface area contributed by atoms with Crippen molar-refractivity contribution in [3.8, 4) is 11.3 Å². The van der Waals surface area contributed by atoms with Crippen LogP contribution >= 0.6 is 11.3 Å². The number of aromatic nitrogens is 2. The Labute approximate surface area is 155 Å². The minimum Gasteiger partial charge on any atom is -0.360 e. The summed E-state index contributed by atoms with van der Waals surface area (Å²) in [6.07, 6.45) is -2.80. The van der Waals surface area contributed by atoms with E-state index in [2.05, 4.69) is 15.3 Å². The summed E-state index contributed by atoms with van der Waals surface area (Å²) < 4.78 is 39.3. The Kier molecular flexibility index (Phi) is 4.19. The smallest absolute Gasteiger partial charge is 0.360 e. The summed E-state index contributed by atoms with van der Waals surface area (Å²) in [5.74, 6) is -0.845. The molecular formula is C19H12F3N3OS. The fourth-order valence-electron chi connectivity index (χ4n) is 2.83. The first-order chi connectivity index (χ1) is 12.9. The van der Waals surface area contributed by atoms with E-state index < -0.39 is 23.2 Å². The second-order valence-corrected chi connectivity index (χ2v) is 6.64. The van der Waals surface area contributed by atoms with Crippen molar-refractivity contribution >= 4 is 33.3 Å². The van der Waals surface area contributed by atoms with Crippen LogP contribution in [0.15, 0.2) is 60.1 Å². The van der Waals surface area contributed by atoms with Gasteiger partial charge in [-0.05, 0) is 18.2 Å². The molecule has 136 valence electrons. The lowest BCUT2D eigenvalue weighted by Gasteiger charge is -2.11. The number of fused-ring (bicyclic) bond motifs is 1. The molecular weight excluding hydrogens is 375 g/mol. The molecule has 0 saturated carbocycles. The van der Waals surface area contributed by atoms with Crippen LogP contribution in [0, 0.1) is 0 Å². The average molecular weight is 387 g/mol. The van der Waals surface area contributed by atoms with Crippen molar-refractivity contribution in [3.05, 3.63) is 71.2 Å². The Morgan fingerprint density at radius 2 is 1.81 bits per heavy atom. The summed E-state index contributed by atoms with van der Waals surface area (Å²) in [6.45, 7) is 0. The largest absolute Gasteiger partial charge is 0.417 e. The number of benzene rings is 2. The van der Waals surface area contributed by atoms with Crippen LogP contribution in [-0.2, 0) is 6.18 Å². The topological polar surface area (TPSA) is 57.8 Å². The van der Waals surface area contributed by atoms with E-state index in [1.165, 1.54) is 12.1 Å². The number of rotatable bonds is 3. The number of nitrogens with one attached hydrogen (secondary N) is 2. The molecule has 8 heteroatoms. The van der Waals surface area contributed by atoms with Crippen LogP contribution in [0.3, 0.4) is 0 Å². The van der Waals surface area contributed by atoms with E-state index in [1.807, 2.05) is 30.5 Å². The zero-order chi connectivity index (χ0) is 19.0. The van der Waals surface area contributed by atoms with Gasteiger partial charge in [-0.1, -0.05) is 30.3 Å². The number of amides is 1. The highest BCUT2D eigenvalue weighted by molar-refractivity contribution is 7.14. The lowest BCUT2D eigenvalue weighted by Crippen LogP contribution is -2.18. The molecule has 4 nitrogen and oxygen atoms in total. The number of anilines is 1. The van der Waals surface area contributed by atoms with Crippen molar-refractivity contribution in [2.24, 2.45) is 0 Å². The van der Waals surface area contributed by atoms with Crippen molar-refractivity contribution in [1.82, 2.24) is 9.97 Å². The van der Waals surface area contributed by atoms with Gasteiger partial charge in [0.15, 0.2) is 5.13 Å². The molecule has 0 unspecified atom stereocenters. The highest BCUT2D eigenvalue weighted by Gasteiger charge is 2.35. The minimum atomic E-state index is -4.61. The van der Waals surface area contributed by atoms with Gasteiger partial charge in [-0.25, -0.2) is 4.98 Å². The Morgan fingerprint density at radius 3 is 2.63 bits per heavy atom. The number of hydrogen-bond acceptors (Lipinski definition) is 3. The summed E-state index contributed by atoms with van der Waals surface area (Å²) in [5.41, 5.74) is 1.03. The molecule has 0 aliphatic rings. The van der Waals surface area contributed by atoms with E-state index in [0.717, 1.165) is 39.9 Å². The van der Waals surface area contributed by atoms with Crippen LogP contribution < -0.4 is 5.32 Å². The molecule has 2 N–H and O–H groups in total. The summed E-state index contributed by atoms with van der Waals surface area (Å²) in [4.78, 5) is 19.8. The molecule has 0 spiro atoms. The molecule has 2 aromatic carbocycles. The van der Waals surface area contributed by atoms with Crippen LogP contribution in [0.1, 0.15) is 15.9 Å². The average Bonchev–Trinajstić information content (AvgIpc) is 3.27. The molecule has 27 heavy (non-hydrogen) atoms. The molecule has 0 atom stereocenters. The Bertz CT molecular complexity index is 1130. The summed E-state index contributed by atoms with van der Waals surface area (Å²) in [7, 11) is 0. The molecule has 0 saturated heterocycles. The fraction of sp³-hybridized carbons (Fsp3) is 0.0526. The number of para-hydroxylation sites is 1. The third-order valence-electron chi connectivity index (χ3n) is 4.07. The normalized spacial score (nSPS) is 11.7. The molecule has 2 heterocycles. The first-order valence-corrected chi connectivity index (χ1v) is 8.81. The Balaban J connectivity index is 1.61. The Morgan fingerprint density at radius 1 is 1.07 bits per heavy atom. The van der Waals surface area contributed by atoms with E-state index in [4.69, 9.17) is 0 Å². The monoisotopic (exact) mass is 387 g/mol. The number of nitrogens with zero attached hydrogens (tertiary/aromatic N) is 1. The van der Waals surface area contributed by atoms with Crippen molar-refractivity contribution in [1.29, 1.82) is 0 Å².